The van der Waals surface area contributed by atoms with E-state index in [2.05, 4.69) is 19.0 Å². The summed E-state index contributed by atoms with van der Waals surface area (Å²) in [4.78, 5) is 27.7. The third-order valence-electron chi connectivity index (χ3n) is 5.67. The van der Waals surface area contributed by atoms with Crippen LogP contribution in [-0.4, -0.2) is 49.8 Å². The third-order valence-corrected chi connectivity index (χ3v) is 6.21. The minimum absolute atomic E-state index is 0.133. The van der Waals surface area contributed by atoms with Crippen molar-refractivity contribution >= 4 is 28.7 Å². The number of carbonyl (C=O) groups is 1. The van der Waals surface area contributed by atoms with Gasteiger partial charge in [-0.25, -0.2) is 0 Å². The highest BCUT2D eigenvalue weighted by atomic mass is 32.1. The van der Waals surface area contributed by atoms with Gasteiger partial charge in [-0.3, -0.25) is 14.2 Å². The smallest absolute Gasteiger partial charge is 0.255 e. The van der Waals surface area contributed by atoms with Crippen molar-refractivity contribution < 1.29 is 4.79 Å². The maximum atomic E-state index is 12.8. The van der Waals surface area contributed by atoms with Crippen LogP contribution in [0.3, 0.4) is 0 Å². The standard InChI is InChI=1S/C19H19N5O2S/c25-17-5-4-13(19(26)20-15-11-23-8-6-12(15)7-9-23)10-24(17)16-3-1-2-14-18(16)22-27-21-14/h1-5,10,12,15H,6-9,11H2,(H,20,26). The molecule has 3 aliphatic rings. The monoisotopic (exact) mass is 381 g/mol. The third kappa shape index (κ3) is 2.94. The van der Waals surface area contributed by atoms with E-state index < -0.39 is 0 Å². The Morgan fingerprint density at radius 2 is 2.00 bits per heavy atom. The number of hydrogen-bond donors (Lipinski definition) is 1. The van der Waals surface area contributed by atoms with Gasteiger partial charge in [0.05, 0.1) is 23.0 Å². The van der Waals surface area contributed by atoms with Gasteiger partial charge in [-0.2, -0.15) is 8.75 Å². The first-order valence-corrected chi connectivity index (χ1v) is 9.90. The van der Waals surface area contributed by atoms with Gasteiger partial charge in [0.1, 0.15) is 11.0 Å². The van der Waals surface area contributed by atoms with Gasteiger partial charge in [0.25, 0.3) is 11.5 Å². The van der Waals surface area contributed by atoms with Gasteiger partial charge in [-0.1, -0.05) is 6.07 Å². The molecule has 0 saturated carbocycles. The van der Waals surface area contributed by atoms with E-state index in [1.807, 2.05) is 18.2 Å². The molecule has 138 valence electrons. The van der Waals surface area contributed by atoms with E-state index in [9.17, 15) is 9.59 Å². The summed E-state index contributed by atoms with van der Waals surface area (Å²) in [5.41, 5.74) is 2.33. The summed E-state index contributed by atoms with van der Waals surface area (Å²) in [6, 6.07) is 8.73. The van der Waals surface area contributed by atoms with Gasteiger partial charge < -0.3 is 10.2 Å². The Bertz CT molecular complexity index is 1070. The molecule has 7 nitrogen and oxygen atoms in total. The van der Waals surface area contributed by atoms with Gasteiger partial charge >= 0.3 is 0 Å². The summed E-state index contributed by atoms with van der Waals surface area (Å²) >= 11 is 1.11. The number of hydrogen-bond acceptors (Lipinski definition) is 6. The number of carbonyl (C=O) groups excluding carboxylic acids is 1. The van der Waals surface area contributed by atoms with Crippen molar-refractivity contribution in [2.45, 2.75) is 18.9 Å². The zero-order valence-corrected chi connectivity index (χ0v) is 15.5. The highest BCUT2D eigenvalue weighted by molar-refractivity contribution is 7.00. The number of amides is 1. The molecule has 5 heterocycles. The van der Waals surface area contributed by atoms with Crippen molar-refractivity contribution in [3.8, 4) is 5.69 Å². The molecule has 0 spiro atoms. The lowest BCUT2D eigenvalue weighted by Gasteiger charge is -2.44. The molecule has 2 aromatic heterocycles. The van der Waals surface area contributed by atoms with Gasteiger partial charge in [-0.05, 0) is 50.0 Å². The van der Waals surface area contributed by atoms with Crippen molar-refractivity contribution in [3.63, 3.8) is 0 Å². The van der Waals surface area contributed by atoms with Crippen LogP contribution in [0.2, 0.25) is 0 Å². The van der Waals surface area contributed by atoms with Crippen molar-refractivity contribution in [2.75, 3.05) is 19.6 Å². The quantitative estimate of drug-likeness (QED) is 0.746. The Hall–Kier alpha value is -2.58. The molecule has 0 radical (unpaired) electrons. The summed E-state index contributed by atoms with van der Waals surface area (Å²) in [6.45, 7) is 3.18. The molecule has 3 fully saturated rings. The second kappa shape index (κ2) is 6.54. The minimum atomic E-state index is -0.199. The van der Waals surface area contributed by atoms with Gasteiger partial charge in [0.2, 0.25) is 0 Å². The second-order valence-corrected chi connectivity index (χ2v) is 7.78. The summed E-state index contributed by atoms with van der Waals surface area (Å²) in [6.07, 6.45) is 3.89. The molecular formula is C19H19N5O2S. The number of rotatable bonds is 3. The second-order valence-electron chi connectivity index (χ2n) is 7.25. The molecule has 1 aromatic carbocycles. The number of aromatic nitrogens is 3. The Labute approximate surface area is 160 Å². The number of piperidine rings is 3. The maximum Gasteiger partial charge on any atom is 0.255 e. The predicted molar refractivity (Wildman–Crippen MR) is 103 cm³/mol. The van der Waals surface area contributed by atoms with Gasteiger partial charge in [0.15, 0.2) is 0 Å². The van der Waals surface area contributed by atoms with E-state index in [0.717, 1.165) is 49.7 Å². The first-order valence-electron chi connectivity index (χ1n) is 9.16. The first kappa shape index (κ1) is 16.6. The zero-order chi connectivity index (χ0) is 18.4. The molecule has 1 N–H and O–H groups in total. The summed E-state index contributed by atoms with van der Waals surface area (Å²) in [5, 5.41) is 3.18. The number of pyridine rings is 1. The van der Waals surface area contributed by atoms with Crippen LogP contribution >= 0.6 is 11.7 Å². The lowest BCUT2D eigenvalue weighted by Crippen LogP contribution is -2.57. The highest BCUT2D eigenvalue weighted by Gasteiger charge is 2.35. The van der Waals surface area contributed by atoms with Crippen LogP contribution < -0.4 is 10.9 Å². The van der Waals surface area contributed by atoms with Crippen LogP contribution in [0.1, 0.15) is 23.2 Å². The number of nitrogens with zero attached hydrogens (tertiary/aromatic N) is 4. The molecule has 3 saturated heterocycles. The lowest BCUT2D eigenvalue weighted by atomic mass is 9.84. The molecule has 1 amide bonds. The van der Waals surface area contributed by atoms with E-state index >= 15 is 0 Å². The van der Waals surface area contributed by atoms with E-state index in [4.69, 9.17) is 0 Å². The average molecular weight is 381 g/mol. The minimum Gasteiger partial charge on any atom is -0.348 e. The van der Waals surface area contributed by atoms with Crippen molar-refractivity contribution in [1.82, 2.24) is 23.5 Å². The van der Waals surface area contributed by atoms with Crippen LogP contribution in [-0.2, 0) is 0 Å². The van der Waals surface area contributed by atoms with Crippen molar-refractivity contribution in [2.24, 2.45) is 5.92 Å². The van der Waals surface area contributed by atoms with Crippen LogP contribution in [0.15, 0.2) is 41.3 Å². The van der Waals surface area contributed by atoms with E-state index in [1.54, 1.807) is 12.3 Å². The van der Waals surface area contributed by atoms with E-state index in [1.165, 1.54) is 10.6 Å². The molecule has 2 bridgehead atoms. The molecule has 1 atom stereocenters. The summed E-state index contributed by atoms with van der Waals surface area (Å²) < 4.78 is 10.00. The van der Waals surface area contributed by atoms with Gasteiger partial charge in [0, 0.05) is 24.8 Å². The molecular weight excluding hydrogens is 362 g/mol. The fourth-order valence-corrected chi connectivity index (χ4v) is 4.72. The largest absolute Gasteiger partial charge is 0.348 e. The van der Waals surface area contributed by atoms with Crippen LogP contribution in [0.4, 0.5) is 0 Å². The fourth-order valence-electron chi connectivity index (χ4n) is 4.18. The predicted octanol–water partition coefficient (Wildman–Crippen LogP) is 1.67. The molecule has 0 aliphatic carbocycles. The fraction of sp³-hybridized carbons (Fsp3) is 0.368. The number of fused-ring (bicyclic) bond motifs is 4. The van der Waals surface area contributed by atoms with E-state index in [0.29, 0.717) is 22.7 Å². The molecule has 8 heteroatoms. The Balaban J connectivity index is 1.46. The molecule has 6 rings (SSSR count). The summed E-state index contributed by atoms with van der Waals surface area (Å²) in [5.74, 6) is 0.422. The molecule has 27 heavy (non-hydrogen) atoms. The topological polar surface area (TPSA) is 80.1 Å². The molecule has 1 unspecified atom stereocenters. The lowest BCUT2D eigenvalue weighted by molar-refractivity contribution is 0.0620. The van der Waals surface area contributed by atoms with Crippen LogP contribution in [0.25, 0.3) is 16.7 Å². The van der Waals surface area contributed by atoms with Crippen LogP contribution in [0, 0.1) is 5.92 Å². The van der Waals surface area contributed by atoms with Crippen molar-refractivity contribution in [3.05, 3.63) is 52.4 Å². The highest BCUT2D eigenvalue weighted by Crippen LogP contribution is 2.27. The first-order chi connectivity index (χ1) is 13.2. The SMILES string of the molecule is O=C(NC1CN2CCC1CC2)c1ccc(=O)n(-c2cccc3nsnc23)c1. The van der Waals surface area contributed by atoms with Crippen LogP contribution in [0.5, 0.6) is 0 Å². The normalized spacial score (nSPS) is 24.2. The average Bonchev–Trinajstić information content (AvgIpc) is 3.18. The Kier molecular flexibility index (Phi) is 4.02. The Morgan fingerprint density at radius 3 is 2.78 bits per heavy atom. The maximum absolute atomic E-state index is 12.8. The summed E-state index contributed by atoms with van der Waals surface area (Å²) in [7, 11) is 0. The van der Waals surface area contributed by atoms with Crippen molar-refractivity contribution in [1.29, 1.82) is 0 Å². The molecule has 3 aromatic rings. The van der Waals surface area contributed by atoms with Gasteiger partial charge in [-0.15, -0.1) is 0 Å². The zero-order valence-electron chi connectivity index (χ0n) is 14.7. The number of benzene rings is 1. The number of nitrogens with one attached hydrogen (secondary N) is 1. The Morgan fingerprint density at radius 1 is 1.15 bits per heavy atom. The molecule has 3 aliphatic heterocycles. The van der Waals surface area contributed by atoms with E-state index in [-0.39, 0.29) is 17.5 Å².